The van der Waals surface area contributed by atoms with E-state index in [1.165, 1.54) is 5.56 Å². The normalized spacial score (nSPS) is 17.7. The predicted octanol–water partition coefficient (Wildman–Crippen LogP) is 2.28. The Morgan fingerprint density at radius 1 is 1.34 bits per heavy atom. The molecule has 0 saturated carbocycles. The van der Waals surface area contributed by atoms with Crippen molar-refractivity contribution in [3.05, 3.63) is 53.9 Å². The van der Waals surface area contributed by atoms with E-state index in [4.69, 9.17) is 9.73 Å². The summed E-state index contributed by atoms with van der Waals surface area (Å²) in [6, 6.07) is 10.6. The van der Waals surface area contributed by atoms with Crippen molar-refractivity contribution < 1.29 is 4.74 Å². The number of ether oxygens (including phenoxy) is 1. The number of hydrogen-bond donors (Lipinski definition) is 1. The van der Waals surface area contributed by atoms with Crippen molar-refractivity contribution in [3.63, 3.8) is 0 Å². The molecule has 0 spiro atoms. The zero-order valence-corrected chi connectivity index (χ0v) is 17.9. The third-order valence-electron chi connectivity index (χ3n) is 5.05. The van der Waals surface area contributed by atoms with Crippen molar-refractivity contribution in [2.24, 2.45) is 12.0 Å². The molecule has 0 aliphatic carbocycles. The molecule has 1 N–H and O–H groups in total. The van der Waals surface area contributed by atoms with Gasteiger partial charge in [-0.1, -0.05) is 30.3 Å². The van der Waals surface area contributed by atoms with E-state index in [2.05, 4.69) is 64.5 Å². The molecule has 1 aromatic heterocycles. The molecule has 1 unspecified atom stereocenters. The number of nitrogens with zero attached hydrogens (tertiary/aromatic N) is 5. The monoisotopic (exact) mass is 398 g/mol. The van der Waals surface area contributed by atoms with Crippen molar-refractivity contribution in [1.82, 2.24) is 24.9 Å². The SMILES string of the molecule is CCNC(=NCCCN(C)Cc1ccccc1)N1CCOC(c2cnn(C)c2)C1. The molecule has 29 heavy (non-hydrogen) atoms. The highest BCUT2D eigenvalue weighted by Gasteiger charge is 2.25. The van der Waals surface area contributed by atoms with E-state index in [9.17, 15) is 0 Å². The molecule has 1 fully saturated rings. The van der Waals surface area contributed by atoms with Gasteiger partial charge in [-0.2, -0.15) is 5.10 Å². The third-order valence-corrected chi connectivity index (χ3v) is 5.05. The quantitative estimate of drug-likeness (QED) is 0.420. The largest absolute Gasteiger partial charge is 0.370 e. The van der Waals surface area contributed by atoms with Crippen molar-refractivity contribution >= 4 is 5.96 Å². The number of nitrogens with one attached hydrogen (secondary N) is 1. The number of aromatic nitrogens is 2. The number of benzene rings is 1. The molecule has 158 valence electrons. The highest BCUT2D eigenvalue weighted by molar-refractivity contribution is 5.80. The maximum absolute atomic E-state index is 5.97. The second-order valence-electron chi connectivity index (χ2n) is 7.57. The Morgan fingerprint density at radius 3 is 2.90 bits per heavy atom. The van der Waals surface area contributed by atoms with Crippen LogP contribution in [0.25, 0.3) is 0 Å². The molecule has 2 heterocycles. The molecular weight excluding hydrogens is 364 g/mol. The Bertz CT molecular complexity index is 760. The molecule has 1 atom stereocenters. The van der Waals surface area contributed by atoms with Crippen LogP contribution < -0.4 is 5.32 Å². The van der Waals surface area contributed by atoms with E-state index in [0.29, 0.717) is 6.61 Å². The zero-order valence-electron chi connectivity index (χ0n) is 17.9. The maximum atomic E-state index is 5.97. The lowest BCUT2D eigenvalue weighted by Gasteiger charge is -2.34. The van der Waals surface area contributed by atoms with Gasteiger partial charge in [0.2, 0.25) is 0 Å². The number of rotatable bonds is 8. The van der Waals surface area contributed by atoms with Gasteiger partial charge in [0.05, 0.1) is 19.3 Å². The van der Waals surface area contributed by atoms with Gasteiger partial charge >= 0.3 is 0 Å². The molecule has 2 aromatic rings. The Balaban J connectivity index is 1.49. The lowest BCUT2D eigenvalue weighted by Crippen LogP contribution is -2.48. The Labute approximate surface area is 174 Å². The van der Waals surface area contributed by atoms with Crippen LogP contribution in [0.1, 0.15) is 30.6 Å². The molecule has 1 aliphatic heterocycles. The van der Waals surface area contributed by atoms with Gasteiger partial charge in [-0.05, 0) is 32.5 Å². The highest BCUT2D eigenvalue weighted by atomic mass is 16.5. The summed E-state index contributed by atoms with van der Waals surface area (Å²) in [5.41, 5.74) is 2.47. The minimum Gasteiger partial charge on any atom is -0.370 e. The van der Waals surface area contributed by atoms with Crippen molar-refractivity contribution in [2.75, 3.05) is 46.4 Å². The van der Waals surface area contributed by atoms with Crippen molar-refractivity contribution in [2.45, 2.75) is 26.0 Å². The summed E-state index contributed by atoms with van der Waals surface area (Å²) in [4.78, 5) is 9.53. The first-order valence-electron chi connectivity index (χ1n) is 10.5. The van der Waals surface area contributed by atoms with Crippen LogP contribution in [-0.2, 0) is 18.3 Å². The maximum Gasteiger partial charge on any atom is 0.194 e. The summed E-state index contributed by atoms with van der Waals surface area (Å²) in [5.74, 6) is 0.982. The van der Waals surface area contributed by atoms with Crippen LogP contribution in [0.3, 0.4) is 0 Å². The van der Waals surface area contributed by atoms with Gasteiger partial charge in [0, 0.05) is 45.0 Å². The first-order valence-corrected chi connectivity index (χ1v) is 10.5. The standard InChI is InChI=1S/C22H34N6O/c1-4-23-22(24-11-8-12-26(2)16-19-9-6-5-7-10-19)28-13-14-29-21(18-28)20-15-25-27(3)17-20/h5-7,9-10,15,17,21H,4,8,11-14,16,18H2,1-3H3,(H,23,24). The Kier molecular flexibility index (Phi) is 8.07. The number of guanidine groups is 1. The summed E-state index contributed by atoms with van der Waals surface area (Å²) >= 11 is 0. The minimum absolute atomic E-state index is 0.0401. The average Bonchev–Trinajstić information content (AvgIpc) is 3.17. The van der Waals surface area contributed by atoms with Gasteiger partial charge in [0.15, 0.2) is 5.96 Å². The van der Waals surface area contributed by atoms with Crippen LogP contribution in [0.15, 0.2) is 47.7 Å². The van der Waals surface area contributed by atoms with Crippen molar-refractivity contribution in [1.29, 1.82) is 0 Å². The number of hydrogen-bond acceptors (Lipinski definition) is 4. The molecule has 7 heteroatoms. The van der Waals surface area contributed by atoms with Crippen LogP contribution in [0.2, 0.25) is 0 Å². The van der Waals surface area contributed by atoms with Gasteiger partial charge in [0.1, 0.15) is 6.10 Å². The smallest absolute Gasteiger partial charge is 0.194 e. The lowest BCUT2D eigenvalue weighted by atomic mass is 10.1. The summed E-state index contributed by atoms with van der Waals surface area (Å²) in [7, 11) is 4.10. The second kappa shape index (κ2) is 11.0. The van der Waals surface area contributed by atoms with Gasteiger partial charge in [-0.15, -0.1) is 0 Å². The first-order chi connectivity index (χ1) is 14.2. The van der Waals surface area contributed by atoms with Crippen LogP contribution in [0, 0.1) is 0 Å². The fourth-order valence-electron chi connectivity index (χ4n) is 3.58. The van der Waals surface area contributed by atoms with E-state index in [1.807, 2.05) is 24.1 Å². The van der Waals surface area contributed by atoms with Crippen LogP contribution >= 0.6 is 0 Å². The topological polar surface area (TPSA) is 57.9 Å². The Morgan fingerprint density at radius 2 is 2.17 bits per heavy atom. The lowest BCUT2D eigenvalue weighted by molar-refractivity contribution is -0.00804. The first kappa shape index (κ1) is 21.3. The van der Waals surface area contributed by atoms with E-state index >= 15 is 0 Å². The molecule has 0 amide bonds. The van der Waals surface area contributed by atoms with Gasteiger partial charge in [0.25, 0.3) is 0 Å². The van der Waals surface area contributed by atoms with Gasteiger partial charge < -0.3 is 19.9 Å². The molecule has 0 bridgehead atoms. The second-order valence-corrected chi connectivity index (χ2v) is 7.57. The summed E-state index contributed by atoms with van der Waals surface area (Å²) in [6.07, 6.45) is 4.99. The van der Waals surface area contributed by atoms with Crippen LogP contribution in [0.4, 0.5) is 0 Å². The molecule has 1 saturated heterocycles. The molecular formula is C22H34N6O. The molecule has 3 rings (SSSR count). The number of aliphatic imine (C=N–C) groups is 1. The van der Waals surface area contributed by atoms with E-state index in [-0.39, 0.29) is 6.10 Å². The van der Waals surface area contributed by atoms with Crippen LogP contribution in [-0.4, -0.2) is 71.9 Å². The van der Waals surface area contributed by atoms with Gasteiger partial charge in [-0.3, -0.25) is 9.67 Å². The molecule has 7 nitrogen and oxygen atoms in total. The van der Waals surface area contributed by atoms with Crippen molar-refractivity contribution in [3.8, 4) is 0 Å². The fourth-order valence-corrected chi connectivity index (χ4v) is 3.58. The summed E-state index contributed by atoms with van der Waals surface area (Å²) in [6.45, 7) is 8.14. The highest BCUT2D eigenvalue weighted by Crippen LogP contribution is 2.21. The minimum atomic E-state index is 0.0401. The molecule has 1 aromatic carbocycles. The molecule has 0 radical (unpaired) electrons. The average molecular weight is 399 g/mol. The third kappa shape index (κ3) is 6.58. The number of morpholine rings is 1. The summed E-state index contributed by atoms with van der Waals surface area (Å²) in [5, 5.41) is 7.72. The van der Waals surface area contributed by atoms with E-state index < -0.39 is 0 Å². The molecule has 1 aliphatic rings. The number of aryl methyl sites for hydroxylation is 1. The van der Waals surface area contributed by atoms with E-state index in [1.54, 1.807) is 0 Å². The van der Waals surface area contributed by atoms with E-state index in [0.717, 1.165) is 57.2 Å². The predicted molar refractivity (Wildman–Crippen MR) is 117 cm³/mol. The Hall–Kier alpha value is -2.38. The zero-order chi connectivity index (χ0) is 20.5. The van der Waals surface area contributed by atoms with Gasteiger partial charge in [-0.25, -0.2) is 0 Å². The van der Waals surface area contributed by atoms with Crippen LogP contribution in [0.5, 0.6) is 0 Å². The summed E-state index contributed by atoms with van der Waals surface area (Å²) < 4.78 is 7.79. The fraction of sp³-hybridized carbons (Fsp3) is 0.545.